The number of benzene rings is 2. The van der Waals surface area contributed by atoms with Crippen molar-refractivity contribution in [1.29, 1.82) is 0 Å². The topological polar surface area (TPSA) is 32.3 Å². The quantitative estimate of drug-likeness (QED) is 0.916. The van der Waals surface area contributed by atoms with E-state index in [2.05, 4.69) is 46.6 Å². The number of nitrogens with zero attached hydrogens (tertiary/aromatic N) is 1. The minimum atomic E-state index is -0.0875. The minimum absolute atomic E-state index is 0.0875. The zero-order chi connectivity index (χ0) is 16.1. The molecule has 3 nitrogen and oxygen atoms in total. The fourth-order valence-corrected chi connectivity index (χ4v) is 3.57. The maximum absolute atomic E-state index is 12.4. The predicted octanol–water partition coefficient (Wildman–Crippen LogP) is 3.58. The molecule has 0 saturated carbocycles. The molecular weight excluding hydrogens is 284 g/mol. The van der Waals surface area contributed by atoms with Crippen LogP contribution in [0.4, 0.5) is 5.69 Å². The van der Waals surface area contributed by atoms with Gasteiger partial charge in [0, 0.05) is 25.3 Å². The van der Waals surface area contributed by atoms with E-state index in [4.69, 9.17) is 0 Å². The van der Waals surface area contributed by atoms with Crippen LogP contribution in [0.15, 0.2) is 60.7 Å². The molecule has 120 valence electrons. The first-order chi connectivity index (χ1) is 11.3. The van der Waals surface area contributed by atoms with Crippen LogP contribution >= 0.6 is 0 Å². The first-order valence-electron chi connectivity index (χ1n) is 8.38. The van der Waals surface area contributed by atoms with Crippen LogP contribution in [0, 0.1) is 0 Å². The van der Waals surface area contributed by atoms with E-state index in [0.29, 0.717) is 6.04 Å². The van der Waals surface area contributed by atoms with E-state index in [-0.39, 0.29) is 11.8 Å². The molecule has 0 radical (unpaired) electrons. The number of rotatable bonds is 5. The summed E-state index contributed by atoms with van der Waals surface area (Å²) in [6, 6.07) is 21.1. The first kappa shape index (κ1) is 15.6. The monoisotopic (exact) mass is 308 g/mol. The van der Waals surface area contributed by atoms with Crippen molar-refractivity contribution in [3.63, 3.8) is 0 Å². The molecule has 0 aromatic heterocycles. The molecule has 1 aliphatic rings. The van der Waals surface area contributed by atoms with E-state index in [1.54, 1.807) is 7.05 Å². The summed E-state index contributed by atoms with van der Waals surface area (Å²) in [6.07, 6.45) is 3.20. The Morgan fingerprint density at radius 3 is 2.43 bits per heavy atom. The highest BCUT2D eigenvalue weighted by atomic mass is 16.1. The summed E-state index contributed by atoms with van der Waals surface area (Å²) in [5.74, 6) is 0.0200. The van der Waals surface area contributed by atoms with Crippen molar-refractivity contribution in [3.05, 3.63) is 66.2 Å². The van der Waals surface area contributed by atoms with Crippen molar-refractivity contribution in [1.82, 2.24) is 5.32 Å². The average Bonchev–Trinajstić information content (AvgIpc) is 3.09. The van der Waals surface area contributed by atoms with Crippen LogP contribution in [0.25, 0.3) is 0 Å². The van der Waals surface area contributed by atoms with Gasteiger partial charge in [0.1, 0.15) is 0 Å². The molecule has 2 unspecified atom stereocenters. The Hall–Kier alpha value is -2.29. The third-order valence-electron chi connectivity index (χ3n) is 4.74. The lowest BCUT2D eigenvalue weighted by molar-refractivity contribution is -0.122. The van der Waals surface area contributed by atoms with Gasteiger partial charge >= 0.3 is 0 Å². The number of amides is 1. The van der Waals surface area contributed by atoms with Crippen LogP contribution in [0.5, 0.6) is 0 Å². The largest absolute Gasteiger partial charge is 0.369 e. The Kier molecular flexibility index (Phi) is 4.96. The minimum Gasteiger partial charge on any atom is -0.369 e. The van der Waals surface area contributed by atoms with Crippen molar-refractivity contribution >= 4 is 11.6 Å². The van der Waals surface area contributed by atoms with E-state index >= 15 is 0 Å². The van der Waals surface area contributed by atoms with Gasteiger partial charge in [0.15, 0.2) is 0 Å². The zero-order valence-electron chi connectivity index (χ0n) is 13.6. The van der Waals surface area contributed by atoms with E-state index in [0.717, 1.165) is 24.9 Å². The molecule has 2 aromatic rings. The van der Waals surface area contributed by atoms with E-state index in [1.807, 2.05) is 24.3 Å². The summed E-state index contributed by atoms with van der Waals surface area (Å²) in [7, 11) is 1.72. The second-order valence-corrected chi connectivity index (χ2v) is 6.14. The summed E-state index contributed by atoms with van der Waals surface area (Å²) in [6.45, 7) is 1.07. The lowest BCUT2D eigenvalue weighted by Gasteiger charge is -2.29. The highest BCUT2D eigenvalue weighted by Crippen LogP contribution is 2.32. The summed E-state index contributed by atoms with van der Waals surface area (Å²) < 4.78 is 0. The molecule has 0 spiro atoms. The number of likely N-dealkylation sites (N-methyl/N-ethyl adjacent to an activating group) is 1. The molecule has 1 fully saturated rings. The molecule has 1 aliphatic heterocycles. The lowest BCUT2D eigenvalue weighted by Crippen LogP contribution is -2.35. The second kappa shape index (κ2) is 7.32. The van der Waals surface area contributed by atoms with Crippen LogP contribution < -0.4 is 10.2 Å². The second-order valence-electron chi connectivity index (χ2n) is 6.14. The number of carbonyl (C=O) groups is 1. The summed E-state index contributed by atoms with van der Waals surface area (Å²) >= 11 is 0. The van der Waals surface area contributed by atoms with Gasteiger partial charge < -0.3 is 10.2 Å². The normalized spacial score (nSPS) is 18.7. The Bertz CT molecular complexity index is 627. The average molecular weight is 308 g/mol. The number of anilines is 1. The van der Waals surface area contributed by atoms with E-state index < -0.39 is 0 Å². The molecular formula is C20H24N2O. The first-order valence-corrected chi connectivity index (χ1v) is 8.38. The van der Waals surface area contributed by atoms with Gasteiger partial charge in [-0.25, -0.2) is 0 Å². The Morgan fingerprint density at radius 1 is 1.13 bits per heavy atom. The maximum atomic E-state index is 12.4. The Balaban J connectivity index is 1.80. The zero-order valence-corrected chi connectivity index (χ0v) is 13.6. The third kappa shape index (κ3) is 3.55. The summed E-state index contributed by atoms with van der Waals surface area (Å²) in [5, 5.41) is 2.83. The molecule has 1 saturated heterocycles. The van der Waals surface area contributed by atoms with Gasteiger partial charge in [-0.05, 0) is 37.0 Å². The van der Waals surface area contributed by atoms with Gasteiger partial charge in [0.2, 0.25) is 5.91 Å². The van der Waals surface area contributed by atoms with Gasteiger partial charge in [-0.15, -0.1) is 0 Å². The molecule has 0 bridgehead atoms. The number of carbonyl (C=O) groups excluding carboxylic acids is 1. The molecule has 2 atom stereocenters. The molecule has 1 N–H and O–H groups in total. The van der Waals surface area contributed by atoms with Crippen LogP contribution in [0.3, 0.4) is 0 Å². The SMILES string of the molecule is CNC(=O)C(CC1CCCN1c1ccccc1)c1ccccc1. The Morgan fingerprint density at radius 2 is 1.78 bits per heavy atom. The highest BCUT2D eigenvalue weighted by molar-refractivity contribution is 5.83. The van der Waals surface area contributed by atoms with Crippen molar-refractivity contribution in [2.24, 2.45) is 0 Å². The summed E-state index contributed by atoms with van der Waals surface area (Å²) in [5.41, 5.74) is 2.37. The van der Waals surface area contributed by atoms with Gasteiger partial charge in [-0.1, -0.05) is 48.5 Å². The summed E-state index contributed by atoms with van der Waals surface area (Å²) in [4.78, 5) is 14.9. The van der Waals surface area contributed by atoms with E-state index in [9.17, 15) is 4.79 Å². The molecule has 3 heteroatoms. The number of para-hydroxylation sites is 1. The molecule has 1 heterocycles. The standard InChI is InChI=1S/C20H24N2O/c1-21-20(23)19(16-9-4-2-5-10-16)15-18-13-8-14-22(18)17-11-6-3-7-12-17/h2-7,9-12,18-19H,8,13-15H2,1H3,(H,21,23). The van der Waals surface area contributed by atoms with Crippen molar-refractivity contribution in [2.75, 3.05) is 18.5 Å². The van der Waals surface area contributed by atoms with Crippen molar-refractivity contribution < 1.29 is 4.79 Å². The number of hydrogen-bond acceptors (Lipinski definition) is 2. The van der Waals surface area contributed by atoms with Gasteiger partial charge in [-0.3, -0.25) is 4.79 Å². The molecule has 2 aromatic carbocycles. The molecule has 0 aliphatic carbocycles. The molecule has 3 rings (SSSR count). The van der Waals surface area contributed by atoms with Gasteiger partial charge in [0.25, 0.3) is 0 Å². The van der Waals surface area contributed by atoms with Crippen molar-refractivity contribution in [3.8, 4) is 0 Å². The van der Waals surface area contributed by atoms with Crippen LogP contribution in [-0.2, 0) is 4.79 Å². The van der Waals surface area contributed by atoms with Crippen LogP contribution in [0.2, 0.25) is 0 Å². The van der Waals surface area contributed by atoms with Gasteiger partial charge in [0.05, 0.1) is 5.92 Å². The number of nitrogens with one attached hydrogen (secondary N) is 1. The van der Waals surface area contributed by atoms with Crippen molar-refractivity contribution in [2.45, 2.75) is 31.2 Å². The predicted molar refractivity (Wildman–Crippen MR) is 94.7 cm³/mol. The fraction of sp³-hybridized carbons (Fsp3) is 0.350. The molecule has 1 amide bonds. The molecule has 23 heavy (non-hydrogen) atoms. The smallest absolute Gasteiger partial charge is 0.227 e. The Labute approximate surface area is 138 Å². The van der Waals surface area contributed by atoms with Crippen LogP contribution in [0.1, 0.15) is 30.7 Å². The van der Waals surface area contributed by atoms with Crippen LogP contribution in [-0.4, -0.2) is 25.5 Å². The van der Waals surface area contributed by atoms with Gasteiger partial charge in [-0.2, -0.15) is 0 Å². The highest BCUT2D eigenvalue weighted by Gasteiger charge is 2.30. The fourth-order valence-electron chi connectivity index (χ4n) is 3.57. The third-order valence-corrected chi connectivity index (χ3v) is 4.74. The van der Waals surface area contributed by atoms with E-state index in [1.165, 1.54) is 12.1 Å². The lowest BCUT2D eigenvalue weighted by atomic mass is 9.90. The number of hydrogen-bond donors (Lipinski definition) is 1. The maximum Gasteiger partial charge on any atom is 0.227 e.